The minimum absolute atomic E-state index is 0.00203. The minimum atomic E-state index is -0.293. The molecule has 1 aromatic heterocycles. The normalized spacial score (nSPS) is 18.8. The Bertz CT molecular complexity index is 663. The van der Waals surface area contributed by atoms with Gasteiger partial charge in [-0.05, 0) is 12.1 Å². The van der Waals surface area contributed by atoms with Gasteiger partial charge < -0.3 is 10.3 Å². The number of nitrogens with zero attached hydrogens (tertiary/aromatic N) is 1. The summed E-state index contributed by atoms with van der Waals surface area (Å²) in [6.45, 7) is 7.19. The fourth-order valence-corrected chi connectivity index (χ4v) is 2.41. The summed E-state index contributed by atoms with van der Waals surface area (Å²) in [6, 6.07) is 5.57. The van der Waals surface area contributed by atoms with Crippen LogP contribution in [0.4, 0.5) is 5.69 Å². The van der Waals surface area contributed by atoms with E-state index in [2.05, 4.69) is 37.1 Å². The Morgan fingerprint density at radius 1 is 1.37 bits per heavy atom. The van der Waals surface area contributed by atoms with Gasteiger partial charge in [-0.2, -0.15) is 0 Å². The van der Waals surface area contributed by atoms with E-state index >= 15 is 0 Å². The van der Waals surface area contributed by atoms with Gasteiger partial charge in [0.15, 0.2) is 0 Å². The van der Waals surface area contributed by atoms with Gasteiger partial charge in [-0.1, -0.05) is 20.8 Å². The number of hydrogen-bond acceptors (Lipinski definition) is 3. The maximum Gasteiger partial charge on any atom is 0.274 e. The predicted octanol–water partition coefficient (Wildman–Crippen LogP) is 3.02. The third kappa shape index (κ3) is 2.00. The van der Waals surface area contributed by atoms with Crippen molar-refractivity contribution in [3.8, 4) is 0 Å². The molecule has 100 valence electrons. The van der Waals surface area contributed by atoms with E-state index in [1.54, 1.807) is 12.1 Å². The molecule has 0 amide bonds. The number of benzene rings is 1. The molecule has 1 aliphatic heterocycles. The molecular formula is C14H17N3O2. The van der Waals surface area contributed by atoms with Gasteiger partial charge in [0, 0.05) is 34.6 Å². The molecule has 1 aromatic carbocycles. The molecular weight excluding hydrogens is 242 g/mol. The number of hydrogen-bond donors (Lipinski definition) is 2. The Kier molecular flexibility index (Phi) is 2.44. The zero-order valence-electron chi connectivity index (χ0n) is 11.3. The summed E-state index contributed by atoms with van der Waals surface area (Å²) in [4.78, 5) is 14.3. The number of nitro benzene ring substituents is 1. The quantitative estimate of drug-likeness (QED) is 0.494. The summed E-state index contributed by atoms with van der Waals surface area (Å²) in [5.74, 6) is 0. The maximum absolute atomic E-state index is 11.2. The van der Waals surface area contributed by atoms with Crippen LogP contribution in [0, 0.1) is 10.1 Å². The lowest BCUT2D eigenvalue weighted by atomic mass is 9.92. The van der Waals surface area contributed by atoms with Gasteiger partial charge >= 0.3 is 0 Å². The van der Waals surface area contributed by atoms with Gasteiger partial charge in [-0.25, -0.2) is 0 Å². The Hall–Kier alpha value is -1.88. The van der Waals surface area contributed by atoms with Crippen LogP contribution in [0.15, 0.2) is 18.2 Å². The molecule has 2 heterocycles. The van der Waals surface area contributed by atoms with Gasteiger partial charge in [-0.3, -0.25) is 10.1 Å². The molecule has 1 fully saturated rings. The minimum Gasteiger partial charge on any atom is -0.358 e. The number of aromatic nitrogens is 1. The summed E-state index contributed by atoms with van der Waals surface area (Å²) >= 11 is 0. The zero-order chi connectivity index (χ0) is 13.8. The Morgan fingerprint density at radius 3 is 2.58 bits per heavy atom. The van der Waals surface area contributed by atoms with Crippen molar-refractivity contribution >= 4 is 16.6 Å². The predicted molar refractivity (Wildman–Crippen MR) is 74.4 cm³/mol. The molecule has 0 spiro atoms. The van der Waals surface area contributed by atoms with Crippen LogP contribution in [-0.4, -0.2) is 16.5 Å². The van der Waals surface area contributed by atoms with E-state index in [1.165, 1.54) is 0 Å². The molecule has 3 rings (SSSR count). The first kappa shape index (κ1) is 12.2. The van der Waals surface area contributed by atoms with Crippen molar-refractivity contribution < 1.29 is 4.92 Å². The molecule has 5 nitrogen and oxygen atoms in total. The first-order chi connectivity index (χ1) is 8.88. The Morgan fingerprint density at radius 2 is 2.05 bits per heavy atom. The second kappa shape index (κ2) is 3.81. The second-order valence-corrected chi connectivity index (χ2v) is 6.11. The molecule has 2 aromatic rings. The molecule has 0 saturated carbocycles. The molecule has 0 aliphatic carbocycles. The van der Waals surface area contributed by atoms with Gasteiger partial charge in [0.1, 0.15) is 0 Å². The highest BCUT2D eigenvalue weighted by Gasteiger charge is 2.33. The van der Waals surface area contributed by atoms with E-state index in [0.717, 1.165) is 28.7 Å². The summed E-state index contributed by atoms with van der Waals surface area (Å²) in [5, 5.41) is 15.3. The van der Waals surface area contributed by atoms with Crippen LogP contribution >= 0.6 is 0 Å². The number of aromatic amines is 1. The fourth-order valence-electron chi connectivity index (χ4n) is 2.41. The standard InChI is InChI=1S/C14H17N3O2/c1-14(2,3)12-6-8-9(16-12)4-5-11(17(18)19)13(8)10-7-15-10/h4-6,10,15-16H,7H2,1-3H3. The Labute approximate surface area is 111 Å². The molecule has 5 heteroatoms. The molecule has 19 heavy (non-hydrogen) atoms. The van der Waals surface area contributed by atoms with Crippen molar-refractivity contribution in [1.29, 1.82) is 0 Å². The van der Waals surface area contributed by atoms with Gasteiger partial charge in [0.2, 0.25) is 0 Å². The highest BCUT2D eigenvalue weighted by molar-refractivity contribution is 5.88. The molecule has 2 N–H and O–H groups in total. The van der Waals surface area contributed by atoms with Gasteiger partial charge in [-0.15, -0.1) is 0 Å². The van der Waals surface area contributed by atoms with E-state index in [9.17, 15) is 10.1 Å². The van der Waals surface area contributed by atoms with E-state index in [1.807, 2.05) is 0 Å². The molecule has 1 atom stereocenters. The number of H-pyrrole nitrogens is 1. The van der Waals surface area contributed by atoms with Gasteiger partial charge in [0.05, 0.1) is 16.5 Å². The number of nitrogens with one attached hydrogen (secondary N) is 2. The first-order valence-electron chi connectivity index (χ1n) is 6.42. The van der Waals surface area contributed by atoms with Crippen molar-refractivity contribution in [3.05, 3.63) is 39.6 Å². The van der Waals surface area contributed by atoms with E-state index in [4.69, 9.17) is 0 Å². The van der Waals surface area contributed by atoms with Crippen molar-refractivity contribution in [3.63, 3.8) is 0 Å². The van der Waals surface area contributed by atoms with Crippen molar-refractivity contribution in [2.24, 2.45) is 0 Å². The lowest BCUT2D eigenvalue weighted by Crippen LogP contribution is -2.10. The number of rotatable bonds is 2. The van der Waals surface area contributed by atoms with Crippen LogP contribution in [0.5, 0.6) is 0 Å². The van der Waals surface area contributed by atoms with E-state index < -0.39 is 0 Å². The van der Waals surface area contributed by atoms with Crippen molar-refractivity contribution in [2.75, 3.05) is 6.54 Å². The van der Waals surface area contributed by atoms with Crippen LogP contribution in [0.3, 0.4) is 0 Å². The molecule has 0 radical (unpaired) electrons. The topological polar surface area (TPSA) is 80.9 Å². The van der Waals surface area contributed by atoms with Crippen LogP contribution in [0.25, 0.3) is 10.9 Å². The summed E-state index contributed by atoms with van der Waals surface area (Å²) in [7, 11) is 0. The van der Waals surface area contributed by atoms with Gasteiger partial charge in [0.25, 0.3) is 5.69 Å². The van der Waals surface area contributed by atoms with Crippen molar-refractivity contribution in [2.45, 2.75) is 32.2 Å². The van der Waals surface area contributed by atoms with E-state index in [-0.39, 0.29) is 22.1 Å². The summed E-state index contributed by atoms with van der Waals surface area (Å²) in [6.07, 6.45) is 0. The fraction of sp³-hybridized carbons (Fsp3) is 0.429. The smallest absolute Gasteiger partial charge is 0.274 e. The third-order valence-corrected chi connectivity index (χ3v) is 3.58. The molecule has 0 bridgehead atoms. The monoisotopic (exact) mass is 259 g/mol. The zero-order valence-corrected chi connectivity index (χ0v) is 11.3. The first-order valence-corrected chi connectivity index (χ1v) is 6.42. The molecule has 1 unspecified atom stereocenters. The number of nitro groups is 1. The average molecular weight is 259 g/mol. The lowest BCUT2D eigenvalue weighted by molar-refractivity contribution is -0.385. The second-order valence-electron chi connectivity index (χ2n) is 6.11. The highest BCUT2D eigenvalue weighted by atomic mass is 16.6. The lowest BCUT2D eigenvalue weighted by Gasteiger charge is -2.15. The maximum atomic E-state index is 11.2. The van der Waals surface area contributed by atoms with Crippen LogP contribution in [0.1, 0.15) is 38.1 Å². The van der Waals surface area contributed by atoms with Crippen molar-refractivity contribution in [1.82, 2.24) is 10.3 Å². The van der Waals surface area contributed by atoms with Crippen LogP contribution in [0.2, 0.25) is 0 Å². The molecule has 1 saturated heterocycles. The van der Waals surface area contributed by atoms with E-state index in [0.29, 0.717) is 0 Å². The SMILES string of the molecule is CC(C)(C)c1cc2c(C3CN3)c([N+](=O)[O-])ccc2[nH]1. The van der Waals surface area contributed by atoms with Crippen LogP contribution in [-0.2, 0) is 5.41 Å². The largest absolute Gasteiger partial charge is 0.358 e. The average Bonchev–Trinajstić information content (AvgIpc) is 3.03. The molecule has 1 aliphatic rings. The summed E-state index contributed by atoms with van der Waals surface area (Å²) in [5.41, 5.74) is 3.10. The van der Waals surface area contributed by atoms with Crippen LogP contribution < -0.4 is 5.32 Å². The third-order valence-electron chi connectivity index (χ3n) is 3.58. The Balaban J connectivity index is 2.27. The number of fused-ring (bicyclic) bond motifs is 1. The summed E-state index contributed by atoms with van der Waals surface area (Å²) < 4.78 is 0. The highest BCUT2D eigenvalue weighted by Crippen LogP contribution is 2.38.